The maximum absolute atomic E-state index is 8.83. The molecule has 1 atom stereocenters. The molecule has 20 heavy (non-hydrogen) atoms. The van der Waals surface area contributed by atoms with Crippen LogP contribution in [0.5, 0.6) is 5.75 Å². The van der Waals surface area contributed by atoms with Crippen LogP contribution in [-0.4, -0.2) is 4.98 Å². The molecule has 0 aliphatic heterocycles. The minimum Gasteiger partial charge on any atom is -0.489 e. The van der Waals surface area contributed by atoms with Gasteiger partial charge in [-0.05, 0) is 30.2 Å². The lowest BCUT2D eigenvalue weighted by atomic mass is 10.0. The van der Waals surface area contributed by atoms with E-state index in [1.165, 1.54) is 0 Å². The van der Waals surface area contributed by atoms with Crippen molar-refractivity contribution >= 4 is 0 Å². The monoisotopic (exact) mass is 267 g/mol. The van der Waals surface area contributed by atoms with Crippen LogP contribution in [0.25, 0.3) is 0 Å². The van der Waals surface area contributed by atoms with Gasteiger partial charge in [0.25, 0.3) is 0 Å². The maximum Gasteiger partial charge on any atom is 0.140 e. The number of benzene rings is 1. The Balaban J connectivity index is 2.13. The number of nitriles is 1. The van der Waals surface area contributed by atoms with Crippen molar-refractivity contribution in [2.24, 2.45) is 5.73 Å². The van der Waals surface area contributed by atoms with Crippen LogP contribution in [0.15, 0.2) is 42.6 Å². The van der Waals surface area contributed by atoms with E-state index in [1.807, 2.05) is 43.3 Å². The molecule has 2 rings (SSSR count). The summed E-state index contributed by atoms with van der Waals surface area (Å²) < 4.78 is 5.83. The third-order valence-corrected chi connectivity index (χ3v) is 3.09. The first-order valence-corrected chi connectivity index (χ1v) is 6.57. The molecule has 1 aromatic heterocycles. The van der Waals surface area contributed by atoms with E-state index in [1.54, 1.807) is 12.3 Å². The first-order chi connectivity index (χ1) is 9.74. The normalized spacial score (nSPS) is 11.7. The highest BCUT2D eigenvalue weighted by Crippen LogP contribution is 2.26. The summed E-state index contributed by atoms with van der Waals surface area (Å²) in [4.78, 5) is 3.94. The van der Waals surface area contributed by atoms with Crippen LogP contribution in [-0.2, 0) is 6.61 Å². The molecule has 0 saturated heterocycles. The first-order valence-electron chi connectivity index (χ1n) is 6.57. The van der Waals surface area contributed by atoms with Crippen molar-refractivity contribution in [3.63, 3.8) is 0 Å². The molecule has 4 heteroatoms. The molecule has 0 radical (unpaired) electrons. The molecule has 2 N–H and O–H groups in total. The van der Waals surface area contributed by atoms with Crippen molar-refractivity contribution < 1.29 is 4.74 Å². The summed E-state index contributed by atoms with van der Waals surface area (Å²) in [5.74, 6) is 0.789. The number of pyridine rings is 1. The third-order valence-electron chi connectivity index (χ3n) is 3.09. The quantitative estimate of drug-likeness (QED) is 0.904. The standard InChI is InChI=1S/C16H17N3O/c1-2-15(18)14-5-3-4-6-16(14)20-11-12-7-8-19-13(9-12)10-17/h3-9,15H,2,11,18H2,1H3/t15-/m1/s1. The van der Waals surface area contributed by atoms with E-state index in [-0.39, 0.29) is 6.04 Å². The lowest BCUT2D eigenvalue weighted by Crippen LogP contribution is -2.10. The van der Waals surface area contributed by atoms with Gasteiger partial charge in [0.15, 0.2) is 0 Å². The largest absolute Gasteiger partial charge is 0.489 e. The number of nitrogens with zero attached hydrogens (tertiary/aromatic N) is 2. The zero-order valence-corrected chi connectivity index (χ0v) is 11.4. The molecule has 1 heterocycles. The highest BCUT2D eigenvalue weighted by molar-refractivity contribution is 5.36. The average Bonchev–Trinajstić information content (AvgIpc) is 2.52. The summed E-state index contributed by atoms with van der Waals surface area (Å²) >= 11 is 0. The van der Waals surface area contributed by atoms with Crippen LogP contribution < -0.4 is 10.5 Å². The SMILES string of the molecule is CC[C@@H](N)c1ccccc1OCc1ccnc(C#N)c1. The summed E-state index contributed by atoms with van der Waals surface area (Å²) in [6.07, 6.45) is 2.47. The molecule has 0 fully saturated rings. The van der Waals surface area contributed by atoms with Gasteiger partial charge in [-0.1, -0.05) is 25.1 Å². The van der Waals surface area contributed by atoms with Gasteiger partial charge in [0.2, 0.25) is 0 Å². The Morgan fingerprint density at radius 2 is 2.15 bits per heavy atom. The van der Waals surface area contributed by atoms with E-state index in [9.17, 15) is 0 Å². The lowest BCUT2D eigenvalue weighted by Gasteiger charge is -2.15. The smallest absolute Gasteiger partial charge is 0.140 e. The fraction of sp³-hybridized carbons (Fsp3) is 0.250. The van der Waals surface area contributed by atoms with E-state index in [0.717, 1.165) is 23.3 Å². The van der Waals surface area contributed by atoms with Gasteiger partial charge in [0, 0.05) is 17.8 Å². The molecule has 0 aliphatic carbocycles. The van der Waals surface area contributed by atoms with Gasteiger partial charge in [0.1, 0.15) is 24.1 Å². The first kappa shape index (κ1) is 14.0. The van der Waals surface area contributed by atoms with Crippen LogP contribution >= 0.6 is 0 Å². The number of ether oxygens (including phenoxy) is 1. The average molecular weight is 267 g/mol. The van der Waals surface area contributed by atoms with Gasteiger partial charge >= 0.3 is 0 Å². The van der Waals surface area contributed by atoms with Crippen molar-refractivity contribution in [3.05, 3.63) is 59.4 Å². The van der Waals surface area contributed by atoms with Gasteiger partial charge < -0.3 is 10.5 Å². The topological polar surface area (TPSA) is 71.9 Å². The Morgan fingerprint density at radius 3 is 2.90 bits per heavy atom. The Labute approximate surface area is 118 Å². The molecule has 4 nitrogen and oxygen atoms in total. The molecule has 0 saturated carbocycles. The van der Waals surface area contributed by atoms with Crippen LogP contribution in [0.2, 0.25) is 0 Å². The summed E-state index contributed by atoms with van der Waals surface area (Å²) in [7, 11) is 0. The summed E-state index contributed by atoms with van der Waals surface area (Å²) in [5, 5.41) is 8.83. The number of hydrogen-bond donors (Lipinski definition) is 1. The van der Waals surface area contributed by atoms with E-state index >= 15 is 0 Å². The number of rotatable bonds is 5. The second-order valence-electron chi connectivity index (χ2n) is 4.50. The van der Waals surface area contributed by atoms with Crippen molar-refractivity contribution in [1.82, 2.24) is 4.98 Å². The fourth-order valence-electron chi connectivity index (χ4n) is 1.92. The van der Waals surface area contributed by atoms with Gasteiger partial charge in [-0.3, -0.25) is 0 Å². The van der Waals surface area contributed by atoms with E-state index in [4.69, 9.17) is 15.7 Å². The highest BCUT2D eigenvalue weighted by Gasteiger charge is 2.10. The van der Waals surface area contributed by atoms with Gasteiger partial charge in [-0.25, -0.2) is 4.98 Å². The van der Waals surface area contributed by atoms with E-state index < -0.39 is 0 Å². The molecule has 2 aromatic rings. The fourth-order valence-corrected chi connectivity index (χ4v) is 1.92. The van der Waals surface area contributed by atoms with Crippen LogP contribution in [0.4, 0.5) is 0 Å². The molecule has 0 aliphatic rings. The lowest BCUT2D eigenvalue weighted by molar-refractivity contribution is 0.300. The number of aromatic nitrogens is 1. The van der Waals surface area contributed by atoms with Gasteiger partial charge in [-0.15, -0.1) is 0 Å². The van der Waals surface area contributed by atoms with Crippen LogP contribution in [0.1, 0.15) is 36.2 Å². The second-order valence-corrected chi connectivity index (χ2v) is 4.50. The molecule has 0 bridgehead atoms. The Morgan fingerprint density at radius 1 is 1.35 bits per heavy atom. The van der Waals surface area contributed by atoms with E-state index in [2.05, 4.69) is 4.98 Å². The van der Waals surface area contributed by atoms with Gasteiger partial charge in [0.05, 0.1) is 0 Å². The number of nitrogens with two attached hydrogens (primary N) is 1. The molecule has 1 aromatic carbocycles. The summed E-state index contributed by atoms with van der Waals surface area (Å²) in [6, 6.07) is 13.3. The van der Waals surface area contributed by atoms with Crippen LogP contribution in [0.3, 0.4) is 0 Å². The minimum atomic E-state index is -0.0293. The molecule has 0 spiro atoms. The Kier molecular flexibility index (Phi) is 4.70. The zero-order chi connectivity index (χ0) is 14.4. The summed E-state index contributed by atoms with van der Waals surface area (Å²) in [6.45, 7) is 2.44. The van der Waals surface area contributed by atoms with Crippen molar-refractivity contribution in [2.75, 3.05) is 0 Å². The maximum atomic E-state index is 8.83. The van der Waals surface area contributed by atoms with Crippen LogP contribution in [0, 0.1) is 11.3 Å². The van der Waals surface area contributed by atoms with E-state index in [0.29, 0.717) is 12.3 Å². The third kappa shape index (κ3) is 3.34. The predicted molar refractivity (Wildman–Crippen MR) is 76.9 cm³/mol. The molecule has 0 unspecified atom stereocenters. The molecular formula is C16H17N3O. The minimum absolute atomic E-state index is 0.0293. The van der Waals surface area contributed by atoms with Crippen molar-refractivity contribution in [1.29, 1.82) is 5.26 Å². The highest BCUT2D eigenvalue weighted by atomic mass is 16.5. The zero-order valence-electron chi connectivity index (χ0n) is 11.4. The number of hydrogen-bond acceptors (Lipinski definition) is 4. The Hall–Kier alpha value is -2.38. The van der Waals surface area contributed by atoms with Gasteiger partial charge in [-0.2, -0.15) is 5.26 Å². The molecule has 102 valence electrons. The van der Waals surface area contributed by atoms with Crippen molar-refractivity contribution in [2.45, 2.75) is 26.0 Å². The Bertz CT molecular complexity index is 619. The summed E-state index contributed by atoms with van der Waals surface area (Å²) in [5.41, 5.74) is 8.39. The van der Waals surface area contributed by atoms with Crippen molar-refractivity contribution in [3.8, 4) is 11.8 Å². The second kappa shape index (κ2) is 6.69. The molecular weight excluding hydrogens is 250 g/mol. The number of para-hydroxylation sites is 1. The predicted octanol–water partition coefficient (Wildman–Crippen LogP) is 2.94. The molecule has 0 amide bonds.